The van der Waals surface area contributed by atoms with Crippen LogP contribution in [0, 0.1) is 5.92 Å². The van der Waals surface area contributed by atoms with E-state index in [0.717, 1.165) is 48.5 Å². The van der Waals surface area contributed by atoms with Crippen LogP contribution in [-0.2, 0) is 11.4 Å². The number of carbonyl (C=O) groups is 1. The largest absolute Gasteiger partial charge is 0.487 e. The SMILES string of the molecule is NC1CCCC(C(=O)Nc2ccc(OCc3cn4ccccc4n3)cc2)C1. The van der Waals surface area contributed by atoms with E-state index in [1.807, 2.05) is 59.3 Å². The molecule has 4 rings (SSSR count). The Balaban J connectivity index is 1.32. The Bertz CT molecular complexity index is 886. The Morgan fingerprint density at radius 3 is 2.85 bits per heavy atom. The van der Waals surface area contributed by atoms with Crippen molar-refractivity contribution in [1.82, 2.24) is 9.38 Å². The molecule has 6 nitrogen and oxygen atoms in total. The maximum absolute atomic E-state index is 12.4. The van der Waals surface area contributed by atoms with E-state index in [1.165, 1.54) is 0 Å². The smallest absolute Gasteiger partial charge is 0.227 e. The zero-order valence-electron chi connectivity index (χ0n) is 15.2. The van der Waals surface area contributed by atoms with Crippen LogP contribution in [0.25, 0.3) is 5.65 Å². The minimum Gasteiger partial charge on any atom is -0.487 e. The quantitative estimate of drug-likeness (QED) is 0.727. The number of nitrogens with zero attached hydrogens (tertiary/aromatic N) is 2. The average Bonchev–Trinajstić information content (AvgIpc) is 3.10. The molecule has 2 unspecified atom stereocenters. The predicted octanol–water partition coefficient (Wildman–Crippen LogP) is 3.37. The molecule has 3 N–H and O–H groups in total. The van der Waals surface area contributed by atoms with Gasteiger partial charge in [-0.05, 0) is 55.7 Å². The van der Waals surface area contributed by atoms with Gasteiger partial charge in [-0.25, -0.2) is 4.98 Å². The van der Waals surface area contributed by atoms with Crippen LogP contribution >= 0.6 is 0 Å². The fourth-order valence-corrected chi connectivity index (χ4v) is 3.56. The fourth-order valence-electron chi connectivity index (χ4n) is 3.56. The third-order valence-electron chi connectivity index (χ3n) is 5.01. The summed E-state index contributed by atoms with van der Waals surface area (Å²) in [6, 6.07) is 13.5. The summed E-state index contributed by atoms with van der Waals surface area (Å²) in [4.78, 5) is 16.9. The van der Waals surface area contributed by atoms with Gasteiger partial charge >= 0.3 is 0 Å². The zero-order valence-corrected chi connectivity index (χ0v) is 15.2. The van der Waals surface area contributed by atoms with Crippen LogP contribution in [0.2, 0.25) is 0 Å². The number of ether oxygens (including phenoxy) is 1. The Kier molecular flexibility index (Phi) is 5.07. The number of hydrogen-bond acceptors (Lipinski definition) is 4. The van der Waals surface area contributed by atoms with E-state index in [2.05, 4.69) is 10.3 Å². The van der Waals surface area contributed by atoms with E-state index in [9.17, 15) is 4.79 Å². The number of fused-ring (bicyclic) bond motifs is 1. The van der Waals surface area contributed by atoms with Gasteiger partial charge in [0.2, 0.25) is 5.91 Å². The van der Waals surface area contributed by atoms with E-state index in [-0.39, 0.29) is 17.9 Å². The molecular formula is C21H24N4O2. The normalized spacial score (nSPS) is 19.7. The van der Waals surface area contributed by atoms with Gasteiger partial charge in [-0.3, -0.25) is 4.79 Å². The van der Waals surface area contributed by atoms with Crippen molar-refractivity contribution in [3.05, 3.63) is 60.6 Å². The maximum atomic E-state index is 12.4. The van der Waals surface area contributed by atoms with Gasteiger partial charge in [0.05, 0.1) is 5.69 Å². The molecule has 27 heavy (non-hydrogen) atoms. The lowest BCUT2D eigenvalue weighted by atomic mass is 9.85. The number of aromatic nitrogens is 2. The number of hydrogen-bond donors (Lipinski definition) is 2. The molecule has 0 bridgehead atoms. The first-order chi connectivity index (χ1) is 13.2. The molecule has 0 aliphatic heterocycles. The molecule has 140 valence electrons. The standard InChI is InChI=1S/C21H24N4O2/c22-16-5-3-4-15(12-16)21(26)24-17-7-9-19(10-8-17)27-14-18-13-25-11-2-1-6-20(25)23-18/h1-2,6-11,13,15-16H,3-5,12,14,22H2,(H,24,26). The molecule has 6 heteroatoms. The molecule has 1 aliphatic rings. The molecule has 0 radical (unpaired) electrons. The third-order valence-corrected chi connectivity index (χ3v) is 5.01. The van der Waals surface area contributed by atoms with Crippen LogP contribution < -0.4 is 15.8 Å². The van der Waals surface area contributed by atoms with Crippen molar-refractivity contribution in [2.45, 2.75) is 38.3 Å². The molecule has 1 saturated carbocycles. The van der Waals surface area contributed by atoms with Crippen molar-refractivity contribution in [1.29, 1.82) is 0 Å². The van der Waals surface area contributed by atoms with Gasteiger partial charge in [-0.15, -0.1) is 0 Å². The molecule has 3 aromatic rings. The van der Waals surface area contributed by atoms with E-state index in [4.69, 9.17) is 10.5 Å². The van der Waals surface area contributed by atoms with Gasteiger partial charge in [0, 0.05) is 30.0 Å². The molecule has 2 atom stereocenters. The van der Waals surface area contributed by atoms with Crippen LogP contribution in [0.5, 0.6) is 5.75 Å². The van der Waals surface area contributed by atoms with Gasteiger partial charge in [-0.2, -0.15) is 0 Å². The fraction of sp³-hybridized carbons (Fsp3) is 0.333. The molecule has 2 aromatic heterocycles. The number of carbonyl (C=O) groups excluding carboxylic acids is 1. The van der Waals surface area contributed by atoms with Gasteiger partial charge < -0.3 is 20.2 Å². The molecule has 1 amide bonds. The van der Waals surface area contributed by atoms with Crippen molar-refractivity contribution in [2.75, 3.05) is 5.32 Å². The second-order valence-corrected chi connectivity index (χ2v) is 7.12. The number of benzene rings is 1. The number of pyridine rings is 1. The van der Waals surface area contributed by atoms with Crippen LogP contribution in [0.1, 0.15) is 31.4 Å². The summed E-state index contributed by atoms with van der Waals surface area (Å²) in [6.07, 6.45) is 7.64. The minimum absolute atomic E-state index is 0.0136. The number of nitrogens with two attached hydrogens (primary N) is 1. The van der Waals surface area contributed by atoms with Crippen molar-refractivity contribution in [3.63, 3.8) is 0 Å². The molecule has 0 spiro atoms. The summed E-state index contributed by atoms with van der Waals surface area (Å²) in [5, 5.41) is 2.99. The lowest BCUT2D eigenvalue weighted by Crippen LogP contribution is -2.34. The van der Waals surface area contributed by atoms with Gasteiger partial charge in [0.25, 0.3) is 0 Å². The summed E-state index contributed by atoms with van der Waals surface area (Å²) in [5.41, 5.74) is 8.52. The average molecular weight is 364 g/mol. The Morgan fingerprint density at radius 1 is 1.22 bits per heavy atom. The van der Waals surface area contributed by atoms with Crippen LogP contribution in [0.4, 0.5) is 5.69 Å². The number of nitrogens with one attached hydrogen (secondary N) is 1. The van der Waals surface area contributed by atoms with E-state index < -0.39 is 0 Å². The summed E-state index contributed by atoms with van der Waals surface area (Å²) in [7, 11) is 0. The second-order valence-electron chi connectivity index (χ2n) is 7.12. The number of amides is 1. The lowest BCUT2D eigenvalue weighted by Gasteiger charge is -2.25. The van der Waals surface area contributed by atoms with E-state index >= 15 is 0 Å². The maximum Gasteiger partial charge on any atom is 0.227 e. The molecule has 1 fully saturated rings. The second kappa shape index (κ2) is 7.80. The Labute approximate surface area is 158 Å². The van der Waals surface area contributed by atoms with E-state index in [0.29, 0.717) is 6.61 Å². The highest BCUT2D eigenvalue weighted by Gasteiger charge is 2.25. The van der Waals surface area contributed by atoms with Crippen LogP contribution in [-0.4, -0.2) is 21.3 Å². The number of rotatable bonds is 5. The lowest BCUT2D eigenvalue weighted by molar-refractivity contribution is -0.120. The van der Waals surface area contributed by atoms with Crippen LogP contribution in [0.3, 0.4) is 0 Å². The minimum atomic E-state index is 0.0136. The van der Waals surface area contributed by atoms with Gasteiger partial charge in [0.1, 0.15) is 18.0 Å². The van der Waals surface area contributed by atoms with E-state index in [1.54, 1.807) is 0 Å². The Morgan fingerprint density at radius 2 is 2.07 bits per heavy atom. The molecule has 2 heterocycles. The predicted molar refractivity (Wildman–Crippen MR) is 105 cm³/mol. The summed E-state index contributed by atoms with van der Waals surface area (Å²) >= 11 is 0. The van der Waals surface area contributed by atoms with Crippen LogP contribution in [0.15, 0.2) is 54.9 Å². The number of imidazole rings is 1. The van der Waals surface area contributed by atoms with Crippen molar-refractivity contribution in [2.24, 2.45) is 11.7 Å². The van der Waals surface area contributed by atoms with Crippen molar-refractivity contribution in [3.8, 4) is 5.75 Å². The summed E-state index contributed by atoms with van der Waals surface area (Å²) in [5.74, 6) is 0.813. The molecule has 1 aliphatic carbocycles. The number of anilines is 1. The summed E-state index contributed by atoms with van der Waals surface area (Å²) in [6.45, 7) is 0.396. The van der Waals surface area contributed by atoms with Crippen molar-refractivity contribution < 1.29 is 9.53 Å². The van der Waals surface area contributed by atoms with Gasteiger partial charge in [0.15, 0.2) is 0 Å². The monoisotopic (exact) mass is 364 g/mol. The highest BCUT2D eigenvalue weighted by atomic mass is 16.5. The van der Waals surface area contributed by atoms with Crippen molar-refractivity contribution >= 4 is 17.2 Å². The molecular weight excluding hydrogens is 340 g/mol. The van der Waals surface area contributed by atoms with Gasteiger partial charge in [-0.1, -0.05) is 12.5 Å². The molecule has 0 saturated heterocycles. The Hall–Kier alpha value is -2.86. The highest BCUT2D eigenvalue weighted by molar-refractivity contribution is 5.92. The molecule has 1 aromatic carbocycles. The highest BCUT2D eigenvalue weighted by Crippen LogP contribution is 2.25. The topological polar surface area (TPSA) is 81.7 Å². The zero-order chi connectivity index (χ0) is 18.6. The first-order valence-electron chi connectivity index (χ1n) is 9.39. The third kappa shape index (κ3) is 4.28. The summed E-state index contributed by atoms with van der Waals surface area (Å²) < 4.78 is 7.77. The first kappa shape index (κ1) is 17.5. The first-order valence-corrected chi connectivity index (χ1v) is 9.39.